The minimum Gasteiger partial charge on any atom is -0.382 e. The standard InChI is InChI=1S/C17H25N3/c1-3-8-16(9-4-2)19-17-11-6-5-10-15(17)14-20-13-7-12-18-20/h5-7,10-13,16,19H,3-4,8-9,14H2,1-2H3. The van der Waals surface area contributed by atoms with Crippen LogP contribution in [-0.4, -0.2) is 15.8 Å². The molecule has 0 amide bonds. The Morgan fingerprint density at radius 2 is 1.85 bits per heavy atom. The molecular weight excluding hydrogens is 246 g/mol. The van der Waals surface area contributed by atoms with Crippen LogP contribution in [0.5, 0.6) is 0 Å². The van der Waals surface area contributed by atoms with Crippen molar-refractivity contribution in [2.75, 3.05) is 5.32 Å². The van der Waals surface area contributed by atoms with Crippen molar-refractivity contribution in [1.82, 2.24) is 9.78 Å². The SMILES string of the molecule is CCCC(CCC)Nc1ccccc1Cn1cccn1. The lowest BCUT2D eigenvalue weighted by Gasteiger charge is -2.21. The van der Waals surface area contributed by atoms with E-state index in [2.05, 4.69) is 48.5 Å². The largest absolute Gasteiger partial charge is 0.382 e. The molecule has 0 saturated heterocycles. The number of aromatic nitrogens is 2. The van der Waals surface area contributed by atoms with Crippen molar-refractivity contribution in [1.29, 1.82) is 0 Å². The highest BCUT2D eigenvalue weighted by molar-refractivity contribution is 5.51. The first-order valence-corrected chi connectivity index (χ1v) is 7.65. The van der Waals surface area contributed by atoms with Gasteiger partial charge in [0, 0.05) is 24.1 Å². The van der Waals surface area contributed by atoms with Crippen LogP contribution in [0.1, 0.15) is 45.1 Å². The quantitative estimate of drug-likeness (QED) is 0.775. The Bertz CT molecular complexity index is 485. The van der Waals surface area contributed by atoms with Crippen molar-refractivity contribution in [2.24, 2.45) is 0 Å². The minimum atomic E-state index is 0.573. The van der Waals surface area contributed by atoms with Crippen molar-refractivity contribution >= 4 is 5.69 Å². The maximum atomic E-state index is 4.29. The zero-order valence-electron chi connectivity index (χ0n) is 12.5. The molecule has 0 aliphatic heterocycles. The number of hydrogen-bond donors (Lipinski definition) is 1. The summed E-state index contributed by atoms with van der Waals surface area (Å²) in [4.78, 5) is 0. The molecule has 2 rings (SSSR count). The molecule has 108 valence electrons. The summed E-state index contributed by atoms with van der Waals surface area (Å²) >= 11 is 0. The third kappa shape index (κ3) is 4.12. The lowest BCUT2D eigenvalue weighted by molar-refractivity contribution is 0.584. The molecule has 0 fully saturated rings. The summed E-state index contributed by atoms with van der Waals surface area (Å²) in [7, 11) is 0. The summed E-state index contributed by atoms with van der Waals surface area (Å²) in [5, 5.41) is 8.01. The molecule has 0 aliphatic carbocycles. The summed E-state index contributed by atoms with van der Waals surface area (Å²) in [6, 6.07) is 11.1. The van der Waals surface area contributed by atoms with Gasteiger partial charge in [-0.15, -0.1) is 0 Å². The van der Waals surface area contributed by atoms with Gasteiger partial charge in [0.05, 0.1) is 6.54 Å². The molecular formula is C17H25N3. The highest BCUT2D eigenvalue weighted by atomic mass is 15.3. The maximum absolute atomic E-state index is 4.29. The van der Waals surface area contributed by atoms with Crippen LogP contribution in [-0.2, 0) is 6.54 Å². The van der Waals surface area contributed by atoms with E-state index in [-0.39, 0.29) is 0 Å². The number of hydrogen-bond acceptors (Lipinski definition) is 2. The summed E-state index contributed by atoms with van der Waals surface area (Å²) in [6.45, 7) is 5.32. The highest BCUT2D eigenvalue weighted by Gasteiger charge is 2.09. The monoisotopic (exact) mass is 271 g/mol. The van der Waals surface area contributed by atoms with Gasteiger partial charge in [-0.2, -0.15) is 5.10 Å². The predicted molar refractivity (Wildman–Crippen MR) is 85.0 cm³/mol. The average Bonchev–Trinajstić information content (AvgIpc) is 2.94. The fourth-order valence-electron chi connectivity index (χ4n) is 2.57. The van der Waals surface area contributed by atoms with E-state index in [0.29, 0.717) is 6.04 Å². The Labute approximate surface area is 122 Å². The average molecular weight is 271 g/mol. The molecule has 1 heterocycles. The van der Waals surface area contributed by atoms with E-state index in [0.717, 1.165) is 6.54 Å². The number of nitrogens with one attached hydrogen (secondary N) is 1. The molecule has 1 N–H and O–H groups in total. The predicted octanol–water partition coefficient (Wildman–Crippen LogP) is 4.31. The highest BCUT2D eigenvalue weighted by Crippen LogP contribution is 2.20. The van der Waals surface area contributed by atoms with Gasteiger partial charge in [0.15, 0.2) is 0 Å². The van der Waals surface area contributed by atoms with Crippen molar-refractivity contribution in [3.63, 3.8) is 0 Å². The van der Waals surface area contributed by atoms with E-state index < -0.39 is 0 Å². The van der Waals surface area contributed by atoms with Gasteiger partial charge in [-0.05, 0) is 30.5 Å². The van der Waals surface area contributed by atoms with Gasteiger partial charge in [0.1, 0.15) is 0 Å². The Morgan fingerprint density at radius 3 is 2.50 bits per heavy atom. The zero-order chi connectivity index (χ0) is 14.2. The van der Waals surface area contributed by atoms with Gasteiger partial charge in [-0.1, -0.05) is 44.9 Å². The summed E-state index contributed by atoms with van der Waals surface area (Å²) in [6.07, 6.45) is 8.73. The van der Waals surface area contributed by atoms with Crippen molar-refractivity contribution < 1.29 is 0 Å². The van der Waals surface area contributed by atoms with Crippen LogP contribution in [0.2, 0.25) is 0 Å². The molecule has 1 aromatic heterocycles. The van der Waals surface area contributed by atoms with Crippen LogP contribution in [0.25, 0.3) is 0 Å². The molecule has 0 spiro atoms. The van der Waals surface area contributed by atoms with Gasteiger partial charge < -0.3 is 5.32 Å². The maximum Gasteiger partial charge on any atom is 0.0679 e. The van der Waals surface area contributed by atoms with E-state index >= 15 is 0 Å². The molecule has 0 bridgehead atoms. The Kier molecular flexibility index (Phi) is 5.66. The third-order valence-electron chi connectivity index (χ3n) is 3.54. The number of rotatable bonds is 8. The van der Waals surface area contributed by atoms with Crippen LogP contribution < -0.4 is 5.32 Å². The van der Waals surface area contributed by atoms with Gasteiger partial charge in [-0.25, -0.2) is 0 Å². The van der Waals surface area contributed by atoms with Gasteiger partial charge in [0.2, 0.25) is 0 Å². The fourth-order valence-corrected chi connectivity index (χ4v) is 2.57. The molecule has 1 aromatic carbocycles. The van der Waals surface area contributed by atoms with Crippen molar-refractivity contribution in [2.45, 2.75) is 52.1 Å². The molecule has 3 nitrogen and oxygen atoms in total. The van der Waals surface area contributed by atoms with Gasteiger partial charge in [0.25, 0.3) is 0 Å². The molecule has 20 heavy (non-hydrogen) atoms. The Hall–Kier alpha value is -1.77. The second-order valence-corrected chi connectivity index (χ2v) is 5.28. The molecule has 0 unspecified atom stereocenters. The topological polar surface area (TPSA) is 29.9 Å². The van der Waals surface area contributed by atoms with Crippen LogP contribution in [0.15, 0.2) is 42.7 Å². The van der Waals surface area contributed by atoms with Crippen LogP contribution in [0.4, 0.5) is 5.69 Å². The summed E-state index contributed by atoms with van der Waals surface area (Å²) in [5.41, 5.74) is 2.54. The van der Waals surface area contributed by atoms with Gasteiger partial charge >= 0.3 is 0 Å². The van der Waals surface area contributed by atoms with E-state index in [1.807, 2.05) is 23.1 Å². The normalized spacial score (nSPS) is 10.9. The van der Waals surface area contributed by atoms with Crippen molar-refractivity contribution in [3.05, 3.63) is 48.3 Å². The van der Waals surface area contributed by atoms with Crippen molar-refractivity contribution in [3.8, 4) is 0 Å². The number of nitrogens with zero attached hydrogens (tertiary/aromatic N) is 2. The first-order valence-electron chi connectivity index (χ1n) is 7.65. The van der Waals surface area contributed by atoms with Gasteiger partial charge in [-0.3, -0.25) is 4.68 Å². The second kappa shape index (κ2) is 7.73. The van der Waals surface area contributed by atoms with Crippen LogP contribution in [0, 0.1) is 0 Å². The molecule has 0 atom stereocenters. The summed E-state index contributed by atoms with van der Waals surface area (Å²) < 4.78 is 1.97. The number of para-hydroxylation sites is 1. The Morgan fingerprint density at radius 1 is 1.10 bits per heavy atom. The van der Waals surface area contributed by atoms with E-state index in [9.17, 15) is 0 Å². The second-order valence-electron chi connectivity index (χ2n) is 5.28. The third-order valence-corrected chi connectivity index (χ3v) is 3.54. The minimum absolute atomic E-state index is 0.573. The lowest BCUT2D eigenvalue weighted by Crippen LogP contribution is -2.20. The molecule has 0 aliphatic rings. The fraction of sp³-hybridized carbons (Fsp3) is 0.471. The molecule has 0 saturated carbocycles. The first kappa shape index (κ1) is 14.6. The molecule has 3 heteroatoms. The van der Waals surface area contributed by atoms with E-state index in [1.165, 1.54) is 36.9 Å². The van der Waals surface area contributed by atoms with E-state index in [4.69, 9.17) is 0 Å². The lowest BCUT2D eigenvalue weighted by atomic mass is 10.1. The molecule has 0 radical (unpaired) electrons. The van der Waals surface area contributed by atoms with E-state index in [1.54, 1.807) is 0 Å². The molecule has 2 aromatic rings. The number of benzene rings is 1. The number of anilines is 1. The first-order chi connectivity index (χ1) is 9.83. The zero-order valence-corrected chi connectivity index (χ0v) is 12.5. The van der Waals surface area contributed by atoms with Crippen LogP contribution >= 0.6 is 0 Å². The van der Waals surface area contributed by atoms with Crippen LogP contribution in [0.3, 0.4) is 0 Å². The Balaban J connectivity index is 2.10. The summed E-state index contributed by atoms with van der Waals surface area (Å²) in [5.74, 6) is 0. The smallest absolute Gasteiger partial charge is 0.0679 e.